The van der Waals surface area contributed by atoms with Gasteiger partial charge in [0.25, 0.3) is 0 Å². The van der Waals surface area contributed by atoms with E-state index in [1.807, 2.05) is 13.8 Å². The fourth-order valence-electron chi connectivity index (χ4n) is 2.71. The minimum Gasteiger partial charge on any atom is -0.0683 e. The van der Waals surface area contributed by atoms with Gasteiger partial charge >= 0.3 is 0 Å². The molecule has 3 atom stereocenters. The van der Waals surface area contributed by atoms with Crippen molar-refractivity contribution in [1.82, 2.24) is 0 Å². The molecule has 0 spiro atoms. The van der Waals surface area contributed by atoms with Crippen LogP contribution >= 0.6 is 0 Å². The molecular formula is C17H36. The van der Waals surface area contributed by atoms with Gasteiger partial charge in [0, 0.05) is 0 Å². The van der Waals surface area contributed by atoms with Crippen molar-refractivity contribution in [2.24, 2.45) is 23.7 Å². The first kappa shape index (κ1) is 17.0. The number of hydrogen-bond donors (Lipinski definition) is 0. The molecule has 2 fully saturated rings. The van der Waals surface area contributed by atoms with Crippen LogP contribution in [-0.2, 0) is 0 Å². The summed E-state index contributed by atoms with van der Waals surface area (Å²) in [6.45, 7) is 13.4. The summed E-state index contributed by atoms with van der Waals surface area (Å²) in [7, 11) is 0. The Kier molecular flexibility index (Phi) is 9.97. The molecule has 2 aliphatic carbocycles. The molecule has 0 bridgehead atoms. The second-order valence-corrected chi connectivity index (χ2v) is 6.10. The van der Waals surface area contributed by atoms with Crippen molar-refractivity contribution < 1.29 is 0 Å². The van der Waals surface area contributed by atoms with Crippen LogP contribution in [-0.4, -0.2) is 0 Å². The minimum atomic E-state index is 0.977. The third-order valence-electron chi connectivity index (χ3n) is 4.58. The molecule has 0 aliphatic heterocycles. The van der Waals surface area contributed by atoms with Crippen molar-refractivity contribution in [2.75, 3.05) is 0 Å². The molecule has 0 radical (unpaired) electrons. The molecular weight excluding hydrogens is 204 g/mol. The van der Waals surface area contributed by atoms with Crippen molar-refractivity contribution in [3.8, 4) is 0 Å². The molecule has 0 amide bonds. The molecule has 2 rings (SSSR count). The fourth-order valence-corrected chi connectivity index (χ4v) is 2.71. The first-order chi connectivity index (χ1) is 8.13. The van der Waals surface area contributed by atoms with Crippen LogP contribution in [0.3, 0.4) is 0 Å². The van der Waals surface area contributed by atoms with E-state index < -0.39 is 0 Å². The SMILES string of the molecule is CC.CC1CCC1.CCC(C)C1CCC(C)C1. The summed E-state index contributed by atoms with van der Waals surface area (Å²) in [6, 6.07) is 0. The minimum absolute atomic E-state index is 0.977. The van der Waals surface area contributed by atoms with Gasteiger partial charge in [-0.3, -0.25) is 0 Å². The molecule has 0 heterocycles. The van der Waals surface area contributed by atoms with E-state index in [1.165, 1.54) is 44.9 Å². The highest BCUT2D eigenvalue weighted by Crippen LogP contribution is 2.36. The molecule has 3 unspecified atom stereocenters. The number of hydrogen-bond acceptors (Lipinski definition) is 0. The topological polar surface area (TPSA) is 0 Å². The van der Waals surface area contributed by atoms with Gasteiger partial charge in [0.2, 0.25) is 0 Å². The normalized spacial score (nSPS) is 29.3. The van der Waals surface area contributed by atoms with Crippen molar-refractivity contribution in [3.63, 3.8) is 0 Å². The summed E-state index contributed by atoms with van der Waals surface area (Å²) in [5.74, 6) is 4.11. The van der Waals surface area contributed by atoms with Crippen molar-refractivity contribution >= 4 is 0 Å². The van der Waals surface area contributed by atoms with E-state index in [1.54, 1.807) is 0 Å². The predicted molar refractivity (Wildman–Crippen MR) is 80.3 cm³/mol. The van der Waals surface area contributed by atoms with E-state index >= 15 is 0 Å². The highest BCUT2D eigenvalue weighted by atomic mass is 14.3. The first-order valence-electron chi connectivity index (χ1n) is 8.13. The van der Waals surface area contributed by atoms with Crippen LogP contribution in [0.1, 0.15) is 86.5 Å². The maximum atomic E-state index is 2.41. The Morgan fingerprint density at radius 3 is 1.71 bits per heavy atom. The molecule has 0 heteroatoms. The highest BCUT2D eigenvalue weighted by molar-refractivity contribution is 4.75. The highest BCUT2D eigenvalue weighted by Gasteiger charge is 2.24. The molecule has 17 heavy (non-hydrogen) atoms. The molecule has 2 saturated carbocycles. The lowest BCUT2D eigenvalue weighted by atomic mass is 9.88. The fraction of sp³-hybridized carbons (Fsp3) is 1.00. The van der Waals surface area contributed by atoms with Crippen LogP contribution in [0, 0.1) is 23.7 Å². The summed E-state index contributed by atoms with van der Waals surface area (Å²) in [6.07, 6.45) is 10.3. The molecule has 0 nitrogen and oxygen atoms in total. The standard InChI is InChI=1S/C10H20.C5H10.C2H6/c1-4-9(3)10-6-5-8(2)7-10;1-5-3-2-4-5;1-2/h8-10H,4-7H2,1-3H3;5H,2-4H2,1H3;1-2H3. The van der Waals surface area contributed by atoms with Gasteiger partial charge in [0.1, 0.15) is 0 Å². The van der Waals surface area contributed by atoms with E-state index in [0.717, 1.165) is 23.7 Å². The summed E-state index contributed by atoms with van der Waals surface area (Å²) < 4.78 is 0. The summed E-state index contributed by atoms with van der Waals surface area (Å²) in [5.41, 5.74) is 0. The molecule has 0 aromatic carbocycles. The van der Waals surface area contributed by atoms with Crippen LogP contribution in [0.5, 0.6) is 0 Å². The third-order valence-corrected chi connectivity index (χ3v) is 4.58. The van der Waals surface area contributed by atoms with Crippen molar-refractivity contribution in [3.05, 3.63) is 0 Å². The van der Waals surface area contributed by atoms with E-state index in [4.69, 9.17) is 0 Å². The molecule has 2 aliphatic rings. The second kappa shape index (κ2) is 9.97. The van der Waals surface area contributed by atoms with E-state index in [2.05, 4.69) is 27.7 Å². The molecule has 0 N–H and O–H groups in total. The molecule has 0 aromatic rings. The van der Waals surface area contributed by atoms with E-state index in [0.29, 0.717) is 0 Å². The first-order valence-corrected chi connectivity index (χ1v) is 8.13. The Bertz CT molecular complexity index is 157. The molecule has 0 aromatic heterocycles. The second-order valence-electron chi connectivity index (χ2n) is 6.10. The predicted octanol–water partition coefficient (Wildman–Crippen LogP) is 6.30. The Labute approximate surface area is 111 Å². The molecule has 0 saturated heterocycles. The lowest BCUT2D eigenvalue weighted by Gasteiger charge is -2.18. The maximum Gasteiger partial charge on any atom is -0.0386 e. The zero-order valence-corrected chi connectivity index (χ0v) is 13.3. The van der Waals surface area contributed by atoms with Gasteiger partial charge in [-0.05, 0) is 36.5 Å². The maximum absolute atomic E-state index is 2.41. The number of rotatable bonds is 2. The largest absolute Gasteiger partial charge is 0.0683 e. The van der Waals surface area contributed by atoms with Gasteiger partial charge in [0.15, 0.2) is 0 Å². The Morgan fingerprint density at radius 1 is 0.941 bits per heavy atom. The van der Waals surface area contributed by atoms with Gasteiger partial charge in [-0.2, -0.15) is 0 Å². The lowest BCUT2D eigenvalue weighted by Crippen LogP contribution is -2.06. The summed E-state index contributed by atoms with van der Waals surface area (Å²) in [5, 5.41) is 0. The van der Waals surface area contributed by atoms with E-state index in [9.17, 15) is 0 Å². The van der Waals surface area contributed by atoms with Crippen LogP contribution in [0.25, 0.3) is 0 Å². The van der Waals surface area contributed by atoms with Crippen LogP contribution < -0.4 is 0 Å². The van der Waals surface area contributed by atoms with Crippen LogP contribution in [0.2, 0.25) is 0 Å². The van der Waals surface area contributed by atoms with Crippen LogP contribution in [0.4, 0.5) is 0 Å². The zero-order valence-electron chi connectivity index (χ0n) is 13.3. The van der Waals surface area contributed by atoms with Crippen molar-refractivity contribution in [1.29, 1.82) is 0 Å². The quantitative estimate of drug-likeness (QED) is 0.531. The van der Waals surface area contributed by atoms with Crippen LogP contribution in [0.15, 0.2) is 0 Å². The van der Waals surface area contributed by atoms with Gasteiger partial charge < -0.3 is 0 Å². The average Bonchev–Trinajstić information content (AvgIpc) is 2.75. The zero-order chi connectivity index (χ0) is 13.3. The molecule has 104 valence electrons. The van der Waals surface area contributed by atoms with E-state index in [-0.39, 0.29) is 0 Å². The Balaban J connectivity index is 0.000000306. The monoisotopic (exact) mass is 240 g/mol. The summed E-state index contributed by atoms with van der Waals surface area (Å²) >= 11 is 0. The van der Waals surface area contributed by atoms with Gasteiger partial charge in [-0.25, -0.2) is 0 Å². The van der Waals surface area contributed by atoms with Gasteiger partial charge in [0.05, 0.1) is 0 Å². The average molecular weight is 240 g/mol. The summed E-state index contributed by atoms with van der Waals surface area (Å²) in [4.78, 5) is 0. The van der Waals surface area contributed by atoms with Gasteiger partial charge in [-0.15, -0.1) is 0 Å². The third kappa shape index (κ3) is 7.11. The Morgan fingerprint density at radius 2 is 1.47 bits per heavy atom. The smallest absolute Gasteiger partial charge is 0.0386 e. The Hall–Kier alpha value is 0. The van der Waals surface area contributed by atoms with Crippen molar-refractivity contribution in [2.45, 2.75) is 86.5 Å². The lowest BCUT2D eigenvalue weighted by molar-refractivity contribution is 0.346. The van der Waals surface area contributed by atoms with Gasteiger partial charge in [-0.1, -0.05) is 73.6 Å².